The summed E-state index contributed by atoms with van der Waals surface area (Å²) in [6.07, 6.45) is 1.71. The number of nitro groups is 1. The van der Waals surface area contributed by atoms with E-state index in [1.165, 1.54) is 10.7 Å². The number of amides is 1. The number of aromatic nitrogens is 5. The molecule has 1 aromatic carbocycles. The van der Waals surface area contributed by atoms with Crippen LogP contribution < -0.4 is 5.32 Å². The van der Waals surface area contributed by atoms with E-state index in [-0.39, 0.29) is 23.9 Å². The molecule has 4 aromatic rings. The molecule has 0 aliphatic rings. The average molecular weight is 569 g/mol. The summed E-state index contributed by atoms with van der Waals surface area (Å²) in [5.41, 5.74) is 1.91. The number of rotatable bonds is 7. The highest BCUT2D eigenvalue weighted by Crippen LogP contribution is 2.26. The zero-order valence-corrected chi connectivity index (χ0v) is 20.8. The van der Waals surface area contributed by atoms with Crippen LogP contribution in [0.2, 0.25) is 10.0 Å². The topological polar surface area (TPSA) is 134 Å². The predicted molar refractivity (Wildman–Crippen MR) is 127 cm³/mol. The van der Waals surface area contributed by atoms with Gasteiger partial charge in [0.05, 0.1) is 50.0 Å². The third kappa shape index (κ3) is 4.98. The molecule has 3 heterocycles. The molecule has 0 saturated heterocycles. The maximum absolute atomic E-state index is 13.0. The van der Waals surface area contributed by atoms with Gasteiger partial charge in [0.1, 0.15) is 5.76 Å². The third-order valence-corrected chi connectivity index (χ3v) is 6.26. The Morgan fingerprint density at radius 3 is 2.65 bits per heavy atom. The molecule has 11 nitrogen and oxygen atoms in total. The lowest BCUT2D eigenvalue weighted by Gasteiger charge is -2.05. The molecular formula is C20H16BrCl2N7O4. The van der Waals surface area contributed by atoms with E-state index in [9.17, 15) is 14.9 Å². The standard InChI is InChI=1S/C20H16BrCl2N7O4/c1-10-5-17(30(32)33)25-29(10)8-13-11(2)34-27-18(13)20(31)24-19-14(21)9-28(26-19)7-12-3-4-15(22)16(23)6-12/h3-6,9H,7-8H2,1-2H3,(H,24,26,31). The summed E-state index contributed by atoms with van der Waals surface area (Å²) in [5.74, 6) is -0.157. The number of hydrogen-bond acceptors (Lipinski definition) is 7. The Bertz CT molecular complexity index is 1410. The number of anilines is 1. The molecule has 0 unspecified atom stereocenters. The van der Waals surface area contributed by atoms with Crippen molar-refractivity contribution < 1.29 is 14.2 Å². The lowest BCUT2D eigenvalue weighted by molar-refractivity contribution is -0.389. The highest BCUT2D eigenvalue weighted by atomic mass is 79.9. The minimum absolute atomic E-state index is 0.0287. The van der Waals surface area contributed by atoms with Gasteiger partial charge in [-0.3, -0.25) is 9.48 Å². The number of carbonyl (C=O) groups is 1. The Morgan fingerprint density at radius 1 is 1.21 bits per heavy atom. The van der Waals surface area contributed by atoms with Crippen LogP contribution in [0.15, 0.2) is 39.5 Å². The van der Waals surface area contributed by atoms with Gasteiger partial charge in [-0.2, -0.15) is 9.78 Å². The molecule has 0 aliphatic carbocycles. The Kier molecular flexibility index (Phi) is 6.73. The summed E-state index contributed by atoms with van der Waals surface area (Å²) >= 11 is 15.4. The normalized spacial score (nSPS) is 11.1. The average Bonchev–Trinajstić information content (AvgIpc) is 3.43. The van der Waals surface area contributed by atoms with E-state index in [4.69, 9.17) is 27.7 Å². The predicted octanol–water partition coefficient (Wildman–Crippen LogP) is 5.01. The fraction of sp³-hybridized carbons (Fsp3) is 0.200. The van der Waals surface area contributed by atoms with E-state index in [2.05, 4.69) is 36.6 Å². The number of carbonyl (C=O) groups excluding carboxylic acids is 1. The number of nitrogens with zero attached hydrogens (tertiary/aromatic N) is 6. The van der Waals surface area contributed by atoms with Crippen molar-refractivity contribution in [2.75, 3.05) is 5.32 Å². The van der Waals surface area contributed by atoms with Gasteiger partial charge in [0, 0.05) is 6.20 Å². The molecule has 0 atom stereocenters. The van der Waals surface area contributed by atoms with Gasteiger partial charge < -0.3 is 20.0 Å². The second-order valence-corrected chi connectivity index (χ2v) is 9.02. The van der Waals surface area contributed by atoms with Gasteiger partial charge in [-0.1, -0.05) is 34.4 Å². The maximum atomic E-state index is 13.0. The second-order valence-electron chi connectivity index (χ2n) is 7.35. The highest BCUT2D eigenvalue weighted by molar-refractivity contribution is 9.10. The Hall–Kier alpha value is -3.22. The summed E-state index contributed by atoms with van der Waals surface area (Å²) in [5, 5.41) is 26.8. The first kappa shape index (κ1) is 23.9. The fourth-order valence-corrected chi connectivity index (χ4v) is 3.94. The number of hydrogen-bond donors (Lipinski definition) is 1. The molecule has 1 amide bonds. The highest BCUT2D eigenvalue weighted by Gasteiger charge is 2.25. The maximum Gasteiger partial charge on any atom is 0.390 e. The quantitative estimate of drug-likeness (QED) is 0.244. The minimum Gasteiger partial charge on any atom is -0.361 e. The van der Waals surface area contributed by atoms with E-state index in [1.807, 2.05) is 6.07 Å². The monoisotopic (exact) mass is 567 g/mol. The molecule has 176 valence electrons. The van der Waals surface area contributed by atoms with Gasteiger partial charge in [0.25, 0.3) is 5.91 Å². The van der Waals surface area contributed by atoms with Crippen molar-refractivity contribution in [3.63, 3.8) is 0 Å². The van der Waals surface area contributed by atoms with Gasteiger partial charge in [-0.15, -0.1) is 0 Å². The van der Waals surface area contributed by atoms with Crippen molar-refractivity contribution in [1.82, 2.24) is 24.7 Å². The molecule has 0 fully saturated rings. The van der Waals surface area contributed by atoms with Gasteiger partial charge in [-0.05, 0) is 52.4 Å². The first-order chi connectivity index (χ1) is 16.1. The SMILES string of the molecule is Cc1onc(C(=O)Nc2nn(Cc3ccc(Cl)c(Cl)c3)cc2Br)c1Cn1nc([N+](=O)[O-])cc1C. The zero-order chi connectivity index (χ0) is 24.6. The molecular weight excluding hydrogens is 553 g/mol. The van der Waals surface area contributed by atoms with Crippen molar-refractivity contribution in [2.45, 2.75) is 26.9 Å². The summed E-state index contributed by atoms with van der Waals surface area (Å²) in [6, 6.07) is 6.61. The summed E-state index contributed by atoms with van der Waals surface area (Å²) < 4.78 is 8.80. The summed E-state index contributed by atoms with van der Waals surface area (Å²) in [6.45, 7) is 3.80. The molecule has 0 radical (unpaired) electrons. The van der Waals surface area contributed by atoms with Gasteiger partial charge in [-0.25, -0.2) is 0 Å². The van der Waals surface area contributed by atoms with Crippen LogP contribution in [0.25, 0.3) is 0 Å². The minimum atomic E-state index is -0.580. The van der Waals surface area contributed by atoms with E-state index in [1.54, 1.807) is 36.9 Å². The first-order valence-corrected chi connectivity index (χ1v) is 11.3. The van der Waals surface area contributed by atoms with Crippen LogP contribution in [-0.2, 0) is 13.1 Å². The Balaban J connectivity index is 1.53. The van der Waals surface area contributed by atoms with Crippen LogP contribution in [0.1, 0.15) is 33.1 Å². The summed E-state index contributed by atoms with van der Waals surface area (Å²) in [4.78, 5) is 23.4. The number of benzene rings is 1. The number of nitrogens with one attached hydrogen (secondary N) is 1. The van der Waals surface area contributed by atoms with Crippen molar-refractivity contribution in [2.24, 2.45) is 0 Å². The van der Waals surface area contributed by atoms with Crippen LogP contribution in [0.3, 0.4) is 0 Å². The lowest BCUT2D eigenvalue weighted by Crippen LogP contribution is -2.17. The van der Waals surface area contributed by atoms with Gasteiger partial charge in [0.2, 0.25) is 0 Å². The molecule has 34 heavy (non-hydrogen) atoms. The molecule has 1 N–H and O–H groups in total. The van der Waals surface area contributed by atoms with Crippen molar-refractivity contribution >= 4 is 56.7 Å². The number of aryl methyl sites for hydroxylation is 2. The third-order valence-electron chi connectivity index (χ3n) is 4.94. The molecule has 14 heteroatoms. The van der Waals surface area contributed by atoms with E-state index in [0.29, 0.717) is 38.1 Å². The fourth-order valence-electron chi connectivity index (χ4n) is 3.20. The Labute approximate surface area is 210 Å². The Morgan fingerprint density at radius 2 is 1.97 bits per heavy atom. The summed E-state index contributed by atoms with van der Waals surface area (Å²) in [7, 11) is 0. The molecule has 0 bridgehead atoms. The number of halogens is 3. The first-order valence-electron chi connectivity index (χ1n) is 9.74. The molecule has 4 rings (SSSR count). The largest absolute Gasteiger partial charge is 0.390 e. The van der Waals surface area contributed by atoms with Crippen molar-refractivity contribution in [3.05, 3.63) is 83.4 Å². The van der Waals surface area contributed by atoms with Crippen LogP contribution in [0.4, 0.5) is 11.6 Å². The van der Waals surface area contributed by atoms with Gasteiger partial charge >= 0.3 is 5.82 Å². The van der Waals surface area contributed by atoms with Crippen LogP contribution in [0, 0.1) is 24.0 Å². The van der Waals surface area contributed by atoms with Crippen LogP contribution in [0.5, 0.6) is 0 Å². The molecule has 0 spiro atoms. The van der Waals surface area contributed by atoms with E-state index in [0.717, 1.165) is 5.56 Å². The van der Waals surface area contributed by atoms with Crippen LogP contribution in [-0.4, -0.2) is 35.5 Å². The smallest absolute Gasteiger partial charge is 0.361 e. The molecule has 0 aliphatic heterocycles. The molecule has 0 saturated carbocycles. The van der Waals surface area contributed by atoms with E-state index >= 15 is 0 Å². The van der Waals surface area contributed by atoms with Crippen molar-refractivity contribution in [3.8, 4) is 0 Å². The van der Waals surface area contributed by atoms with Crippen LogP contribution >= 0.6 is 39.1 Å². The molecule has 3 aromatic heterocycles. The second kappa shape index (κ2) is 9.57. The zero-order valence-electron chi connectivity index (χ0n) is 17.8. The van der Waals surface area contributed by atoms with Crippen molar-refractivity contribution in [1.29, 1.82) is 0 Å². The van der Waals surface area contributed by atoms with E-state index < -0.39 is 10.8 Å². The van der Waals surface area contributed by atoms with Gasteiger partial charge in [0.15, 0.2) is 11.5 Å². The lowest BCUT2D eigenvalue weighted by atomic mass is 10.2.